The monoisotopic (exact) mass is 876 g/mol. The summed E-state index contributed by atoms with van der Waals surface area (Å²) in [7, 11) is -1.51. The Morgan fingerprint density at radius 1 is 0.742 bits per heavy atom. The predicted octanol–water partition coefficient (Wildman–Crippen LogP) is 3.33. The highest BCUT2D eigenvalue weighted by Crippen LogP contribution is 2.44. The van der Waals surface area contributed by atoms with Crippen LogP contribution < -0.4 is 9.80 Å². The van der Waals surface area contributed by atoms with E-state index in [-0.39, 0.29) is 48.8 Å². The van der Waals surface area contributed by atoms with Gasteiger partial charge < -0.3 is 24.2 Å². The lowest BCUT2D eigenvalue weighted by Gasteiger charge is -2.17. The van der Waals surface area contributed by atoms with Gasteiger partial charge in [0, 0.05) is 34.6 Å². The van der Waals surface area contributed by atoms with Crippen LogP contribution in [0.4, 0.5) is 29.7 Å². The number of benzene rings is 2. The van der Waals surface area contributed by atoms with E-state index in [2.05, 4.69) is 40.8 Å². The second kappa shape index (κ2) is 17.7. The minimum absolute atomic E-state index is 0.0191. The number of aryl methyl sites for hydroxylation is 2. The van der Waals surface area contributed by atoms with E-state index in [0.717, 1.165) is 11.0 Å². The van der Waals surface area contributed by atoms with E-state index in [4.69, 9.17) is 23.3 Å². The Labute approximate surface area is 349 Å². The highest BCUT2D eigenvalue weighted by molar-refractivity contribution is 7.47. The van der Waals surface area contributed by atoms with Crippen molar-refractivity contribution in [1.29, 1.82) is 0 Å². The van der Waals surface area contributed by atoms with Crippen LogP contribution in [-0.4, -0.2) is 130 Å². The van der Waals surface area contributed by atoms with E-state index in [1.807, 2.05) is 0 Å². The topological polar surface area (TPSA) is 257 Å². The van der Waals surface area contributed by atoms with Gasteiger partial charge in [0.2, 0.25) is 11.6 Å². The van der Waals surface area contributed by atoms with Crippen molar-refractivity contribution in [2.24, 2.45) is 14.1 Å². The molecule has 2 aliphatic rings. The molecule has 0 bridgehead atoms. The molecule has 6 heterocycles. The Morgan fingerprint density at radius 3 is 1.68 bits per heavy atom. The summed E-state index contributed by atoms with van der Waals surface area (Å²) in [6.07, 6.45) is -1.81. The summed E-state index contributed by atoms with van der Waals surface area (Å²) in [6, 6.07) is 15.0. The zero-order valence-corrected chi connectivity index (χ0v) is 33.5. The van der Waals surface area contributed by atoms with Crippen molar-refractivity contribution >= 4 is 31.4 Å². The third-order valence-corrected chi connectivity index (χ3v) is 10.3. The van der Waals surface area contributed by atoms with Gasteiger partial charge in [0.05, 0.1) is 65.0 Å². The van der Waals surface area contributed by atoms with Crippen molar-refractivity contribution in [1.82, 2.24) is 50.4 Å². The Balaban J connectivity index is 0.753. The smallest absolute Gasteiger partial charge is 0.441 e. The average Bonchev–Trinajstić information content (AvgIpc) is 4.07. The molecular formula is C37H35F2N12O10P. The minimum atomic E-state index is -4.75. The largest absolute Gasteiger partial charge is 0.472 e. The molecule has 0 radical (unpaired) electrons. The first kappa shape index (κ1) is 42.0. The molecule has 6 aromatic rings. The van der Waals surface area contributed by atoms with Gasteiger partial charge in [-0.15, -0.1) is 20.4 Å². The van der Waals surface area contributed by atoms with Crippen LogP contribution in [0.5, 0.6) is 0 Å². The van der Waals surface area contributed by atoms with E-state index in [1.54, 1.807) is 44.4 Å². The van der Waals surface area contributed by atoms with E-state index < -0.39 is 63.2 Å². The minimum Gasteiger partial charge on any atom is -0.441 e. The molecule has 2 saturated heterocycles. The quantitative estimate of drug-likeness (QED) is 0.132. The van der Waals surface area contributed by atoms with Crippen LogP contribution in [0.25, 0.3) is 45.3 Å². The Kier molecular flexibility index (Phi) is 12.0. The number of ether oxygens (including phenoxy) is 3. The van der Waals surface area contributed by atoms with Gasteiger partial charge >= 0.3 is 20.0 Å². The zero-order valence-electron chi connectivity index (χ0n) is 32.6. The van der Waals surface area contributed by atoms with Crippen molar-refractivity contribution in [2.45, 2.75) is 18.3 Å². The molecule has 62 heavy (non-hydrogen) atoms. The lowest BCUT2D eigenvalue weighted by molar-refractivity contribution is -0.0208. The molecule has 322 valence electrons. The van der Waals surface area contributed by atoms with Gasteiger partial charge in [0.25, 0.3) is 0 Å². The van der Waals surface area contributed by atoms with Crippen LogP contribution in [0.3, 0.4) is 0 Å². The first-order valence-electron chi connectivity index (χ1n) is 18.6. The second-order valence-electron chi connectivity index (χ2n) is 13.9. The van der Waals surface area contributed by atoms with Crippen LogP contribution in [0.15, 0.2) is 73.1 Å². The van der Waals surface area contributed by atoms with Gasteiger partial charge in [-0.3, -0.25) is 28.8 Å². The van der Waals surface area contributed by atoms with E-state index >= 15 is 8.78 Å². The molecule has 2 aliphatic heterocycles. The third-order valence-electron chi connectivity index (χ3n) is 9.37. The average molecular weight is 877 g/mol. The van der Waals surface area contributed by atoms with Crippen molar-refractivity contribution in [2.75, 3.05) is 49.3 Å². The first-order valence-corrected chi connectivity index (χ1v) is 20.1. The number of aliphatic hydroxyl groups is 1. The number of phosphoric acid groups is 1. The number of rotatable bonds is 16. The zero-order chi connectivity index (χ0) is 43.5. The number of anilines is 2. The van der Waals surface area contributed by atoms with Crippen LogP contribution >= 0.6 is 7.82 Å². The predicted molar refractivity (Wildman–Crippen MR) is 209 cm³/mol. The SMILES string of the molecule is Cn1nnc(-c2ccc(-c3ccc(N4CC(COCC(O)COP(=O)(O)OCC5CN(c6ccc(-c7ccc(-c8nnn(C)n8)nc7)c(F)c6)C(=O)O5)OC4=O)cc3F)cn2)n1. The maximum atomic E-state index is 15.2. The summed E-state index contributed by atoms with van der Waals surface area (Å²) in [6.45, 7) is -1.87. The number of cyclic esters (lactones) is 2. The van der Waals surface area contributed by atoms with Crippen LogP contribution in [0.2, 0.25) is 0 Å². The molecule has 0 saturated carbocycles. The van der Waals surface area contributed by atoms with Crippen LogP contribution in [0.1, 0.15) is 0 Å². The standard InChI is InChI=1S/C37H35F2N12O10P/c1-48-44-34(42-46-48)32-9-3-21(13-40-32)28-7-5-23(11-30(28)38)50-15-26(60-36(50)53)19-57-17-25(52)18-58-62(55,56)59-20-27-16-51(37(54)61-27)24-6-8-29(31(39)12-24)22-4-10-33(41-14-22)35-43-47-49(2)45-35/h3-14,25-27,52H,15-20H2,1-2H3,(H,55,56). The van der Waals surface area contributed by atoms with Gasteiger partial charge in [-0.2, -0.15) is 9.59 Å². The maximum absolute atomic E-state index is 15.2. The van der Waals surface area contributed by atoms with E-state index in [9.17, 15) is 24.2 Å². The molecule has 25 heteroatoms. The Hall–Kier alpha value is -6.69. The number of carbonyl (C=O) groups is 2. The molecule has 4 atom stereocenters. The maximum Gasteiger partial charge on any atom is 0.472 e. The molecule has 2 fully saturated rings. The summed E-state index contributed by atoms with van der Waals surface area (Å²) in [5, 5.41) is 33.8. The fraction of sp³-hybridized carbons (Fsp3) is 0.297. The fourth-order valence-electron chi connectivity index (χ4n) is 6.37. The summed E-state index contributed by atoms with van der Waals surface area (Å²) in [5.41, 5.74) is 2.76. The molecule has 2 amide bonds. The summed E-state index contributed by atoms with van der Waals surface area (Å²) in [4.78, 5) is 49.0. The van der Waals surface area contributed by atoms with E-state index in [0.29, 0.717) is 34.2 Å². The summed E-state index contributed by atoms with van der Waals surface area (Å²) < 4.78 is 68.9. The van der Waals surface area contributed by atoms with Crippen molar-refractivity contribution in [3.05, 3.63) is 84.7 Å². The number of nitrogens with zero attached hydrogens (tertiary/aromatic N) is 12. The number of hydrogen-bond donors (Lipinski definition) is 2. The number of hydrogen-bond acceptors (Lipinski definition) is 17. The van der Waals surface area contributed by atoms with Gasteiger partial charge in [-0.05, 0) is 59.0 Å². The molecule has 4 unspecified atom stereocenters. The third kappa shape index (κ3) is 9.59. The number of carbonyl (C=O) groups excluding carboxylic acids is 2. The second-order valence-corrected chi connectivity index (χ2v) is 15.3. The van der Waals surface area contributed by atoms with Crippen molar-refractivity contribution in [3.8, 4) is 45.3 Å². The highest BCUT2D eigenvalue weighted by atomic mass is 31.2. The fourth-order valence-corrected chi connectivity index (χ4v) is 7.16. The molecular weight excluding hydrogens is 841 g/mol. The highest BCUT2D eigenvalue weighted by Gasteiger charge is 2.36. The first-order chi connectivity index (χ1) is 29.8. The van der Waals surface area contributed by atoms with Crippen molar-refractivity contribution in [3.63, 3.8) is 0 Å². The van der Waals surface area contributed by atoms with Crippen LogP contribution in [0, 0.1) is 11.6 Å². The molecule has 0 aliphatic carbocycles. The lowest BCUT2D eigenvalue weighted by Crippen LogP contribution is -2.28. The summed E-state index contributed by atoms with van der Waals surface area (Å²) >= 11 is 0. The molecule has 0 spiro atoms. The number of phosphoric ester groups is 1. The number of pyridine rings is 2. The lowest BCUT2D eigenvalue weighted by atomic mass is 10.1. The number of tetrazole rings is 2. The van der Waals surface area contributed by atoms with E-state index in [1.165, 1.54) is 51.2 Å². The number of amides is 2. The van der Waals surface area contributed by atoms with Gasteiger partial charge in [0.1, 0.15) is 41.3 Å². The molecule has 4 aromatic heterocycles. The number of aromatic nitrogens is 10. The Morgan fingerprint density at radius 2 is 1.24 bits per heavy atom. The summed E-state index contributed by atoms with van der Waals surface area (Å²) in [5.74, 6) is -0.609. The van der Waals surface area contributed by atoms with Gasteiger partial charge in [-0.25, -0.2) is 22.9 Å². The van der Waals surface area contributed by atoms with Crippen molar-refractivity contribution < 1.29 is 56.2 Å². The normalized spacial score (nSPS) is 17.9. The molecule has 8 rings (SSSR count). The van der Waals surface area contributed by atoms with Crippen LogP contribution in [-0.2, 0) is 41.9 Å². The molecule has 22 nitrogen and oxygen atoms in total. The Bertz CT molecular complexity index is 2640. The molecule has 2 aromatic carbocycles. The molecule has 2 N–H and O–H groups in total. The number of halogens is 2. The number of aliphatic hydroxyl groups excluding tert-OH is 1. The van der Waals surface area contributed by atoms with Gasteiger partial charge in [-0.1, -0.05) is 12.1 Å². The van der Waals surface area contributed by atoms with Gasteiger partial charge in [0.15, 0.2) is 0 Å².